The van der Waals surface area contributed by atoms with Crippen molar-refractivity contribution >= 4 is 23.4 Å². The molecule has 0 aliphatic rings. The van der Waals surface area contributed by atoms with Crippen molar-refractivity contribution in [1.29, 1.82) is 0 Å². The summed E-state index contributed by atoms with van der Waals surface area (Å²) in [5.74, 6) is 4.61. The lowest BCUT2D eigenvalue weighted by molar-refractivity contribution is -0.130. The number of hydrogen-bond acceptors (Lipinski definition) is 5. The molecule has 1 aromatic carbocycles. The minimum atomic E-state index is -1.02. The Morgan fingerprint density at radius 3 is 2.31 bits per heavy atom. The van der Waals surface area contributed by atoms with Gasteiger partial charge in [0.25, 0.3) is 11.8 Å². The molecule has 5 N–H and O–H groups in total. The average molecular weight is 375 g/mol. The molecule has 2 rings (SSSR count). The third kappa shape index (κ3) is 5.86. The lowest BCUT2D eigenvalue weighted by Crippen LogP contribution is -2.50. The van der Waals surface area contributed by atoms with Gasteiger partial charge in [-0.1, -0.05) is 30.9 Å². The number of halogens is 1. The van der Waals surface area contributed by atoms with Crippen LogP contribution < -0.4 is 16.5 Å². The topological polar surface area (TPSA) is 117 Å². The van der Waals surface area contributed by atoms with Crippen molar-refractivity contribution in [3.63, 3.8) is 0 Å². The van der Waals surface area contributed by atoms with Crippen LogP contribution >= 0.6 is 11.6 Å². The van der Waals surface area contributed by atoms with E-state index in [1.54, 1.807) is 42.6 Å². The van der Waals surface area contributed by atoms with Crippen LogP contribution in [0.5, 0.6) is 0 Å². The number of nitrogens with zero attached hydrogens (tertiary/aromatic N) is 1. The molecule has 0 aliphatic heterocycles. The van der Waals surface area contributed by atoms with Gasteiger partial charge in [-0.05, 0) is 36.4 Å². The van der Waals surface area contributed by atoms with Crippen molar-refractivity contribution in [1.82, 2.24) is 15.8 Å². The Hall–Kier alpha value is -2.92. The van der Waals surface area contributed by atoms with Crippen LogP contribution in [0.4, 0.5) is 0 Å². The first-order valence-electron chi connectivity index (χ1n) is 7.22. The largest absolute Gasteiger partial charge is 0.339 e. The number of nitrogens with two attached hydrogens (primary N) is 1. The molecule has 0 bridgehead atoms. The molecule has 0 aliphatic carbocycles. The van der Waals surface area contributed by atoms with E-state index in [2.05, 4.69) is 22.1 Å². The van der Waals surface area contributed by atoms with Crippen LogP contribution in [-0.4, -0.2) is 34.6 Å². The highest BCUT2D eigenvalue weighted by Crippen LogP contribution is 2.06. The highest BCUT2D eigenvalue weighted by molar-refractivity contribution is 6.29. The number of rotatable bonds is 4. The van der Waals surface area contributed by atoms with Gasteiger partial charge >= 0.3 is 0 Å². The molecule has 1 heterocycles. The van der Waals surface area contributed by atoms with Gasteiger partial charge in [0.2, 0.25) is 0 Å². The van der Waals surface area contributed by atoms with E-state index in [1.165, 1.54) is 5.48 Å². The van der Waals surface area contributed by atoms with Crippen molar-refractivity contribution in [3.8, 4) is 11.8 Å². The molecular weight excluding hydrogens is 356 g/mol. The first-order chi connectivity index (χ1) is 12.0. The fourth-order valence-electron chi connectivity index (χ4n) is 1.85. The van der Waals surface area contributed by atoms with Gasteiger partial charge in [-0.2, -0.15) is 0 Å². The number of nitrogens with one attached hydrogen (secondary N) is 2. The summed E-state index contributed by atoms with van der Waals surface area (Å²) in [4.78, 5) is 27.3. The number of hydroxylamine groups is 1. The molecule has 0 saturated carbocycles. The van der Waals surface area contributed by atoms with E-state index < -0.39 is 17.9 Å². The Kier molecular flexibility index (Phi) is 8.25. The molecule has 0 fully saturated rings. The Bertz CT molecular complexity index is 811. The van der Waals surface area contributed by atoms with Crippen LogP contribution in [0.2, 0.25) is 5.15 Å². The van der Waals surface area contributed by atoms with Crippen LogP contribution in [0.1, 0.15) is 28.9 Å². The summed E-state index contributed by atoms with van der Waals surface area (Å²) < 4.78 is 0. The van der Waals surface area contributed by atoms with Crippen LogP contribution in [0.15, 0.2) is 42.6 Å². The maximum Gasteiger partial charge on any atom is 0.267 e. The van der Waals surface area contributed by atoms with Crippen LogP contribution in [-0.2, 0) is 4.79 Å². The van der Waals surface area contributed by atoms with E-state index in [0.29, 0.717) is 21.8 Å². The van der Waals surface area contributed by atoms with E-state index in [4.69, 9.17) is 22.5 Å². The highest BCUT2D eigenvalue weighted by atomic mass is 35.5. The molecule has 8 heteroatoms. The number of pyridine rings is 1. The van der Waals surface area contributed by atoms with Gasteiger partial charge in [0, 0.05) is 29.4 Å². The Morgan fingerprint density at radius 1 is 1.15 bits per heavy atom. The molecule has 1 aromatic heterocycles. The van der Waals surface area contributed by atoms with Crippen molar-refractivity contribution in [2.75, 3.05) is 6.54 Å². The third-order valence-electron chi connectivity index (χ3n) is 3.19. The summed E-state index contributed by atoms with van der Waals surface area (Å²) >= 11 is 5.71. The van der Waals surface area contributed by atoms with Crippen molar-refractivity contribution in [2.24, 2.45) is 5.73 Å². The molecule has 1 atom stereocenters. The minimum absolute atomic E-state index is 0. The van der Waals surface area contributed by atoms with Gasteiger partial charge in [0.15, 0.2) is 0 Å². The lowest BCUT2D eigenvalue weighted by Gasteiger charge is -2.14. The van der Waals surface area contributed by atoms with Gasteiger partial charge in [-0.15, -0.1) is 0 Å². The zero-order valence-corrected chi connectivity index (χ0v) is 13.7. The minimum Gasteiger partial charge on any atom is -0.339 e. The molecule has 2 amide bonds. The smallest absolute Gasteiger partial charge is 0.267 e. The van der Waals surface area contributed by atoms with E-state index in [0.717, 1.165) is 0 Å². The zero-order valence-electron chi connectivity index (χ0n) is 13.0. The van der Waals surface area contributed by atoms with Gasteiger partial charge in [-0.3, -0.25) is 14.8 Å². The van der Waals surface area contributed by atoms with Gasteiger partial charge in [-0.25, -0.2) is 10.5 Å². The fourth-order valence-corrected chi connectivity index (χ4v) is 1.96. The second kappa shape index (κ2) is 10.2. The van der Waals surface area contributed by atoms with Crippen LogP contribution in [0, 0.1) is 11.8 Å². The lowest BCUT2D eigenvalue weighted by atomic mass is 10.1. The molecule has 0 spiro atoms. The fraction of sp³-hybridized carbons (Fsp3) is 0.167. The van der Waals surface area contributed by atoms with E-state index in [-0.39, 0.29) is 14.0 Å². The third-order valence-corrected chi connectivity index (χ3v) is 3.42. The first kappa shape index (κ1) is 21.1. The molecule has 7 nitrogen and oxygen atoms in total. The highest BCUT2D eigenvalue weighted by Gasteiger charge is 2.19. The summed E-state index contributed by atoms with van der Waals surface area (Å²) in [6.07, 6.45) is 1.57. The van der Waals surface area contributed by atoms with E-state index in [9.17, 15) is 9.59 Å². The quantitative estimate of drug-likeness (QED) is 0.279. The number of carbonyl (C=O) groups is 2. The number of hydrogen-bond donors (Lipinski definition) is 4. The summed E-state index contributed by atoms with van der Waals surface area (Å²) in [6, 6.07) is 8.88. The summed E-state index contributed by atoms with van der Waals surface area (Å²) in [6.45, 7) is -0.142. The molecule has 136 valence electrons. The number of amides is 2. The molecular formula is C18H19ClN4O3. The zero-order chi connectivity index (χ0) is 18.2. The van der Waals surface area contributed by atoms with Gasteiger partial charge in [0.1, 0.15) is 11.2 Å². The summed E-state index contributed by atoms with van der Waals surface area (Å²) in [5.41, 5.74) is 8.59. The molecule has 0 radical (unpaired) electrons. The maximum atomic E-state index is 12.1. The monoisotopic (exact) mass is 374 g/mol. The van der Waals surface area contributed by atoms with Crippen molar-refractivity contribution < 1.29 is 14.8 Å². The number of aromatic nitrogens is 1. The Balaban J connectivity index is 0.00000338. The summed E-state index contributed by atoms with van der Waals surface area (Å²) in [7, 11) is 0. The van der Waals surface area contributed by atoms with Crippen molar-refractivity contribution in [3.05, 3.63) is 64.4 Å². The Labute approximate surface area is 156 Å². The number of benzene rings is 1. The predicted octanol–water partition coefficient (Wildman–Crippen LogP) is 1.33. The number of carbonyl (C=O) groups excluding carboxylic acids is 2. The second-order valence-corrected chi connectivity index (χ2v) is 5.32. The van der Waals surface area contributed by atoms with Crippen molar-refractivity contribution in [2.45, 2.75) is 13.5 Å². The summed E-state index contributed by atoms with van der Waals surface area (Å²) in [5, 5.41) is 11.4. The maximum absolute atomic E-state index is 12.1. The SMILES string of the molecule is C.NC[C@H](NC(=O)c1ccc(C#Cc2ccc(Cl)nc2)cc1)C(=O)NO. The normalized spacial score (nSPS) is 10.6. The van der Waals surface area contributed by atoms with E-state index >= 15 is 0 Å². The molecule has 0 saturated heterocycles. The molecule has 2 aromatic rings. The predicted molar refractivity (Wildman–Crippen MR) is 98.6 cm³/mol. The van der Waals surface area contributed by atoms with E-state index in [1.807, 2.05) is 0 Å². The average Bonchev–Trinajstić information content (AvgIpc) is 2.65. The van der Waals surface area contributed by atoms with Crippen LogP contribution in [0.25, 0.3) is 0 Å². The molecule has 26 heavy (non-hydrogen) atoms. The second-order valence-electron chi connectivity index (χ2n) is 4.93. The van der Waals surface area contributed by atoms with Crippen LogP contribution in [0.3, 0.4) is 0 Å². The van der Waals surface area contributed by atoms with Gasteiger partial charge < -0.3 is 11.1 Å². The molecule has 0 unspecified atom stereocenters. The Morgan fingerprint density at radius 2 is 1.77 bits per heavy atom. The standard InChI is InChI=1S/C17H15ClN4O3.CH4/c18-15-8-5-12(10-20-15)2-1-11-3-6-13(7-4-11)16(23)21-14(9-19)17(24)22-25;/h3-8,10,14,25H,9,19H2,(H,21,23)(H,22,24);1H4/t14-;/m0./s1. The van der Waals surface area contributed by atoms with Gasteiger partial charge in [0.05, 0.1) is 0 Å². The first-order valence-corrected chi connectivity index (χ1v) is 7.60.